The average molecular weight is 427 g/mol. The highest BCUT2D eigenvalue weighted by molar-refractivity contribution is 6.39. The zero-order chi connectivity index (χ0) is 22.0. The van der Waals surface area contributed by atoms with E-state index in [4.69, 9.17) is 4.52 Å². The van der Waals surface area contributed by atoms with Gasteiger partial charge in [-0.25, -0.2) is 0 Å². The van der Waals surface area contributed by atoms with E-state index in [-0.39, 0.29) is 11.9 Å². The second-order valence-electron chi connectivity index (χ2n) is 8.40. The summed E-state index contributed by atoms with van der Waals surface area (Å²) in [5, 5.41) is 8.98. The van der Waals surface area contributed by atoms with E-state index in [1.807, 2.05) is 0 Å². The Morgan fingerprint density at radius 3 is 2.58 bits per heavy atom. The maximum absolute atomic E-state index is 12.4. The standard InChI is InChI=1S/C22H30N6O3/c1-15-12-20(25-31-15)24-22(30)21(29)23-14-19(28-10-8-26(2)9-11-28)16-4-5-18-17(13-16)6-7-27(18)3/h4-5,12-13,19H,6-11,14H2,1-3H3,(H,23,29)(H,24,25,30)/t19-/m1/s1. The van der Waals surface area contributed by atoms with Crippen molar-refractivity contribution >= 4 is 23.3 Å². The fraction of sp³-hybridized carbons (Fsp3) is 0.500. The van der Waals surface area contributed by atoms with Gasteiger partial charge in [-0.15, -0.1) is 0 Å². The number of piperazine rings is 1. The largest absolute Gasteiger partial charge is 0.374 e. The molecule has 166 valence electrons. The number of hydrogen-bond donors (Lipinski definition) is 2. The molecular weight excluding hydrogens is 396 g/mol. The number of anilines is 2. The van der Waals surface area contributed by atoms with E-state index in [0.717, 1.165) is 39.1 Å². The van der Waals surface area contributed by atoms with Crippen LogP contribution in [-0.2, 0) is 16.0 Å². The van der Waals surface area contributed by atoms with E-state index >= 15 is 0 Å². The lowest BCUT2D eigenvalue weighted by Crippen LogP contribution is -2.49. The molecule has 0 saturated carbocycles. The van der Waals surface area contributed by atoms with Crippen molar-refractivity contribution in [3.8, 4) is 0 Å². The van der Waals surface area contributed by atoms with Crippen molar-refractivity contribution in [2.75, 3.05) is 63.6 Å². The summed E-state index contributed by atoms with van der Waals surface area (Å²) in [7, 11) is 4.23. The Balaban J connectivity index is 1.46. The summed E-state index contributed by atoms with van der Waals surface area (Å²) >= 11 is 0. The minimum atomic E-state index is -0.749. The first kappa shape index (κ1) is 21.3. The lowest BCUT2D eigenvalue weighted by atomic mass is 10.00. The second-order valence-corrected chi connectivity index (χ2v) is 8.40. The highest BCUT2D eigenvalue weighted by Crippen LogP contribution is 2.31. The molecular formula is C22H30N6O3. The van der Waals surface area contributed by atoms with E-state index in [1.165, 1.54) is 16.8 Å². The van der Waals surface area contributed by atoms with Gasteiger partial charge >= 0.3 is 11.8 Å². The van der Waals surface area contributed by atoms with Gasteiger partial charge in [-0.05, 0) is 37.6 Å². The maximum Gasteiger partial charge on any atom is 0.314 e. The van der Waals surface area contributed by atoms with Gasteiger partial charge in [0.15, 0.2) is 5.82 Å². The molecule has 1 fully saturated rings. The molecule has 1 atom stereocenters. The Bertz CT molecular complexity index is 950. The Hall–Kier alpha value is -2.91. The smallest absolute Gasteiger partial charge is 0.314 e. The number of carbonyl (C=O) groups excluding carboxylic acids is 2. The van der Waals surface area contributed by atoms with Gasteiger partial charge in [-0.2, -0.15) is 0 Å². The maximum atomic E-state index is 12.4. The van der Waals surface area contributed by atoms with Gasteiger partial charge in [0.25, 0.3) is 0 Å². The van der Waals surface area contributed by atoms with Gasteiger partial charge in [0.05, 0.1) is 6.04 Å². The lowest BCUT2D eigenvalue weighted by Gasteiger charge is -2.38. The quantitative estimate of drug-likeness (QED) is 0.690. The molecule has 0 unspecified atom stereocenters. The number of likely N-dealkylation sites (N-methyl/N-ethyl adjacent to an activating group) is 2. The molecule has 9 heteroatoms. The minimum Gasteiger partial charge on any atom is -0.374 e. The molecule has 1 saturated heterocycles. The number of fused-ring (bicyclic) bond motifs is 1. The van der Waals surface area contributed by atoms with E-state index in [9.17, 15) is 9.59 Å². The Labute approximate surface area is 182 Å². The van der Waals surface area contributed by atoms with Crippen molar-refractivity contribution in [3.63, 3.8) is 0 Å². The van der Waals surface area contributed by atoms with Crippen LogP contribution in [0.2, 0.25) is 0 Å². The van der Waals surface area contributed by atoms with Crippen LogP contribution in [0.5, 0.6) is 0 Å². The zero-order valence-electron chi connectivity index (χ0n) is 18.4. The van der Waals surface area contributed by atoms with E-state index in [1.54, 1.807) is 13.0 Å². The van der Waals surface area contributed by atoms with Crippen molar-refractivity contribution in [2.24, 2.45) is 0 Å². The predicted octanol–water partition coefficient (Wildman–Crippen LogP) is 1.02. The first-order chi connectivity index (χ1) is 14.9. The predicted molar refractivity (Wildman–Crippen MR) is 118 cm³/mol. The summed E-state index contributed by atoms with van der Waals surface area (Å²) < 4.78 is 4.92. The highest BCUT2D eigenvalue weighted by Gasteiger charge is 2.27. The summed E-state index contributed by atoms with van der Waals surface area (Å²) in [6, 6.07) is 8.15. The van der Waals surface area contributed by atoms with E-state index in [2.05, 4.69) is 62.8 Å². The number of aromatic nitrogens is 1. The van der Waals surface area contributed by atoms with Crippen LogP contribution >= 0.6 is 0 Å². The molecule has 0 bridgehead atoms. The number of benzene rings is 1. The number of aryl methyl sites for hydroxylation is 1. The van der Waals surface area contributed by atoms with Crippen LogP contribution < -0.4 is 15.5 Å². The third kappa shape index (κ3) is 4.88. The molecule has 2 N–H and O–H groups in total. The van der Waals surface area contributed by atoms with Gasteiger partial charge < -0.3 is 19.6 Å². The van der Waals surface area contributed by atoms with Crippen molar-refractivity contribution in [1.29, 1.82) is 0 Å². The summed E-state index contributed by atoms with van der Waals surface area (Å²) in [5.41, 5.74) is 3.78. The van der Waals surface area contributed by atoms with Crippen LogP contribution in [-0.4, -0.2) is 80.1 Å². The third-order valence-corrected chi connectivity index (χ3v) is 6.13. The monoisotopic (exact) mass is 426 g/mol. The number of hydrogen-bond acceptors (Lipinski definition) is 7. The van der Waals surface area contributed by atoms with Gasteiger partial charge in [0.2, 0.25) is 0 Å². The fourth-order valence-electron chi connectivity index (χ4n) is 4.25. The number of nitrogens with zero attached hydrogens (tertiary/aromatic N) is 4. The SMILES string of the molecule is Cc1cc(NC(=O)C(=O)NC[C@H](c2ccc3c(c2)CCN3C)N2CCN(C)CC2)no1. The molecule has 2 amide bonds. The summed E-state index contributed by atoms with van der Waals surface area (Å²) in [4.78, 5) is 31.6. The van der Waals surface area contributed by atoms with Gasteiger partial charge in [-0.1, -0.05) is 17.3 Å². The molecule has 3 heterocycles. The molecule has 0 aliphatic carbocycles. The van der Waals surface area contributed by atoms with Gasteiger partial charge in [0.1, 0.15) is 5.76 Å². The minimum absolute atomic E-state index is 0.0101. The molecule has 4 rings (SSSR count). The zero-order valence-corrected chi connectivity index (χ0v) is 18.4. The average Bonchev–Trinajstić information content (AvgIpc) is 3.34. The molecule has 0 radical (unpaired) electrons. The first-order valence-corrected chi connectivity index (χ1v) is 10.7. The number of nitrogens with one attached hydrogen (secondary N) is 2. The Morgan fingerprint density at radius 1 is 1.10 bits per heavy atom. The topological polar surface area (TPSA) is 94.0 Å². The van der Waals surface area contributed by atoms with Crippen LogP contribution in [0.4, 0.5) is 11.5 Å². The van der Waals surface area contributed by atoms with Gasteiger partial charge in [0, 0.05) is 58.1 Å². The molecule has 2 aromatic rings. The van der Waals surface area contributed by atoms with Crippen LogP contribution in [0.25, 0.3) is 0 Å². The van der Waals surface area contributed by atoms with Crippen molar-refractivity contribution < 1.29 is 14.1 Å². The summed E-state index contributed by atoms with van der Waals surface area (Å²) in [5.74, 6) is -0.634. The summed E-state index contributed by atoms with van der Waals surface area (Å²) in [6.07, 6.45) is 1.03. The molecule has 0 spiro atoms. The molecule has 1 aromatic heterocycles. The lowest BCUT2D eigenvalue weighted by molar-refractivity contribution is -0.136. The van der Waals surface area contributed by atoms with Crippen LogP contribution in [0, 0.1) is 6.92 Å². The summed E-state index contributed by atoms with van der Waals surface area (Å²) in [6.45, 7) is 6.89. The number of amides is 2. The van der Waals surface area contributed by atoms with Crippen LogP contribution in [0.1, 0.15) is 22.9 Å². The molecule has 9 nitrogen and oxygen atoms in total. The van der Waals surface area contributed by atoms with Gasteiger partial charge in [-0.3, -0.25) is 19.8 Å². The second kappa shape index (κ2) is 9.07. The number of rotatable bonds is 5. The fourth-order valence-corrected chi connectivity index (χ4v) is 4.25. The van der Waals surface area contributed by atoms with E-state index in [0.29, 0.717) is 12.3 Å². The molecule has 1 aromatic carbocycles. The van der Waals surface area contributed by atoms with Crippen LogP contribution in [0.3, 0.4) is 0 Å². The molecule has 31 heavy (non-hydrogen) atoms. The van der Waals surface area contributed by atoms with E-state index < -0.39 is 11.8 Å². The Kier molecular flexibility index (Phi) is 6.24. The first-order valence-electron chi connectivity index (χ1n) is 10.7. The number of carbonyl (C=O) groups is 2. The normalized spacial score (nSPS) is 18.0. The highest BCUT2D eigenvalue weighted by atomic mass is 16.5. The Morgan fingerprint density at radius 2 is 1.87 bits per heavy atom. The van der Waals surface area contributed by atoms with Crippen molar-refractivity contribution in [1.82, 2.24) is 20.3 Å². The molecule has 2 aliphatic rings. The third-order valence-electron chi connectivity index (χ3n) is 6.13. The molecule has 2 aliphatic heterocycles. The van der Waals surface area contributed by atoms with Crippen molar-refractivity contribution in [3.05, 3.63) is 41.2 Å². The van der Waals surface area contributed by atoms with Crippen molar-refractivity contribution in [2.45, 2.75) is 19.4 Å². The van der Waals surface area contributed by atoms with Crippen LogP contribution in [0.15, 0.2) is 28.8 Å².